The summed E-state index contributed by atoms with van der Waals surface area (Å²) in [5, 5.41) is 22.5. The summed E-state index contributed by atoms with van der Waals surface area (Å²) >= 11 is 1.30. The van der Waals surface area contributed by atoms with Gasteiger partial charge in [-0.2, -0.15) is 0 Å². The van der Waals surface area contributed by atoms with Crippen molar-refractivity contribution in [3.63, 3.8) is 0 Å². The number of phenolic OH excluding ortho intramolecular Hbond substituents is 1. The van der Waals surface area contributed by atoms with Gasteiger partial charge in [-0.15, -0.1) is 10.2 Å². The van der Waals surface area contributed by atoms with Gasteiger partial charge < -0.3 is 10.4 Å². The summed E-state index contributed by atoms with van der Waals surface area (Å²) < 4.78 is 1.89. The van der Waals surface area contributed by atoms with Gasteiger partial charge in [0.25, 0.3) is 0 Å². The number of amides is 1. The van der Waals surface area contributed by atoms with Crippen molar-refractivity contribution in [2.45, 2.75) is 19.0 Å². The molecule has 156 valence electrons. The summed E-state index contributed by atoms with van der Waals surface area (Å²) in [4.78, 5) is 12.4. The number of aromatic hydroxyl groups is 1. The summed E-state index contributed by atoms with van der Waals surface area (Å²) in [7, 11) is 0. The fourth-order valence-corrected chi connectivity index (χ4v) is 4.07. The third kappa shape index (κ3) is 4.62. The average Bonchev–Trinajstić information content (AvgIpc) is 3.17. The van der Waals surface area contributed by atoms with Crippen molar-refractivity contribution in [1.82, 2.24) is 14.8 Å². The number of nitrogens with zero attached hydrogens (tertiary/aromatic N) is 3. The fraction of sp³-hybridized carbons (Fsp3) is 0.125. The number of para-hydroxylation sites is 2. The predicted molar refractivity (Wildman–Crippen MR) is 124 cm³/mol. The van der Waals surface area contributed by atoms with Gasteiger partial charge in [-0.25, -0.2) is 0 Å². The predicted octanol–water partition coefficient (Wildman–Crippen LogP) is 4.99. The highest BCUT2D eigenvalue weighted by Crippen LogP contribution is 2.33. The van der Waals surface area contributed by atoms with E-state index in [2.05, 4.69) is 21.6 Å². The topological polar surface area (TPSA) is 80.0 Å². The van der Waals surface area contributed by atoms with Gasteiger partial charge in [0.05, 0.1) is 17.0 Å². The SMILES string of the molecule is Cc1ccc(-n2c(SCC(=O)Nc3ccccc3)nnc2-c2ccccc2O)c(C)c1. The van der Waals surface area contributed by atoms with E-state index in [0.717, 1.165) is 22.5 Å². The number of nitrogens with one attached hydrogen (secondary N) is 1. The maximum Gasteiger partial charge on any atom is 0.234 e. The lowest BCUT2D eigenvalue weighted by Gasteiger charge is -2.14. The number of anilines is 1. The van der Waals surface area contributed by atoms with Crippen LogP contribution in [0.5, 0.6) is 5.75 Å². The number of aryl methyl sites for hydroxylation is 2. The second-order valence-corrected chi connectivity index (χ2v) is 8.09. The summed E-state index contributed by atoms with van der Waals surface area (Å²) in [5.41, 5.74) is 4.43. The lowest BCUT2D eigenvalue weighted by Crippen LogP contribution is -2.14. The molecular formula is C24H22N4O2S. The first-order chi connectivity index (χ1) is 15.0. The lowest BCUT2D eigenvalue weighted by atomic mass is 10.1. The van der Waals surface area contributed by atoms with E-state index in [-0.39, 0.29) is 17.4 Å². The average molecular weight is 431 g/mol. The zero-order chi connectivity index (χ0) is 21.8. The highest BCUT2D eigenvalue weighted by molar-refractivity contribution is 7.99. The molecule has 0 saturated heterocycles. The molecule has 0 bridgehead atoms. The Morgan fingerprint density at radius 2 is 1.74 bits per heavy atom. The van der Waals surface area contributed by atoms with Crippen LogP contribution in [0.25, 0.3) is 17.1 Å². The molecule has 0 aliphatic heterocycles. The second-order valence-electron chi connectivity index (χ2n) is 7.15. The molecule has 0 atom stereocenters. The van der Waals surface area contributed by atoms with Crippen LogP contribution in [0.4, 0.5) is 5.69 Å². The first-order valence-corrected chi connectivity index (χ1v) is 10.8. The molecule has 3 aromatic carbocycles. The smallest absolute Gasteiger partial charge is 0.234 e. The molecule has 6 nitrogen and oxygen atoms in total. The molecule has 0 aliphatic carbocycles. The Morgan fingerprint density at radius 3 is 2.48 bits per heavy atom. The Bertz CT molecular complexity index is 1220. The minimum absolute atomic E-state index is 0.124. The number of hydrogen-bond acceptors (Lipinski definition) is 5. The molecule has 7 heteroatoms. The molecule has 0 radical (unpaired) electrons. The third-order valence-corrected chi connectivity index (χ3v) is 5.69. The highest BCUT2D eigenvalue weighted by Gasteiger charge is 2.20. The van der Waals surface area contributed by atoms with E-state index in [4.69, 9.17) is 0 Å². The van der Waals surface area contributed by atoms with Crippen LogP contribution in [-0.4, -0.2) is 31.5 Å². The quantitative estimate of drug-likeness (QED) is 0.421. The summed E-state index contributed by atoms with van der Waals surface area (Å²) in [5.74, 6) is 0.699. The van der Waals surface area contributed by atoms with Gasteiger partial charge in [-0.1, -0.05) is 59.8 Å². The molecule has 0 spiro atoms. The minimum Gasteiger partial charge on any atom is -0.507 e. The van der Waals surface area contributed by atoms with E-state index in [1.807, 2.05) is 66.9 Å². The lowest BCUT2D eigenvalue weighted by molar-refractivity contribution is -0.113. The highest BCUT2D eigenvalue weighted by atomic mass is 32.2. The normalized spacial score (nSPS) is 10.8. The molecule has 1 amide bonds. The van der Waals surface area contributed by atoms with E-state index in [1.54, 1.807) is 18.2 Å². The molecule has 0 unspecified atom stereocenters. The molecule has 0 saturated carbocycles. The number of thioether (sulfide) groups is 1. The number of aromatic nitrogens is 3. The van der Waals surface area contributed by atoms with E-state index in [1.165, 1.54) is 11.8 Å². The first kappa shape index (κ1) is 20.7. The monoisotopic (exact) mass is 430 g/mol. The van der Waals surface area contributed by atoms with Crippen molar-refractivity contribution in [3.05, 3.63) is 83.9 Å². The molecule has 0 fully saturated rings. The van der Waals surface area contributed by atoms with Crippen LogP contribution in [-0.2, 0) is 4.79 Å². The largest absolute Gasteiger partial charge is 0.507 e. The summed E-state index contributed by atoms with van der Waals surface area (Å²) in [6, 6.07) is 22.5. The van der Waals surface area contributed by atoms with Gasteiger partial charge in [-0.3, -0.25) is 9.36 Å². The van der Waals surface area contributed by atoms with Gasteiger partial charge >= 0.3 is 0 Å². The Labute approximate surface area is 185 Å². The van der Waals surface area contributed by atoms with Gasteiger partial charge in [0.2, 0.25) is 5.91 Å². The third-order valence-electron chi connectivity index (χ3n) is 4.76. The van der Waals surface area contributed by atoms with Crippen molar-refractivity contribution < 1.29 is 9.90 Å². The zero-order valence-electron chi connectivity index (χ0n) is 17.2. The first-order valence-electron chi connectivity index (χ1n) is 9.82. The van der Waals surface area contributed by atoms with Crippen molar-refractivity contribution in [2.75, 3.05) is 11.1 Å². The molecule has 4 aromatic rings. The summed E-state index contributed by atoms with van der Waals surface area (Å²) in [6.45, 7) is 4.06. The Kier molecular flexibility index (Phi) is 6.04. The van der Waals surface area contributed by atoms with Gasteiger partial charge in [0.15, 0.2) is 11.0 Å². The van der Waals surface area contributed by atoms with Crippen molar-refractivity contribution in [3.8, 4) is 22.8 Å². The fourth-order valence-electron chi connectivity index (χ4n) is 3.32. The van der Waals surface area contributed by atoms with Gasteiger partial charge in [0.1, 0.15) is 5.75 Å². The van der Waals surface area contributed by atoms with Crippen molar-refractivity contribution in [1.29, 1.82) is 0 Å². The van der Waals surface area contributed by atoms with E-state index in [9.17, 15) is 9.90 Å². The minimum atomic E-state index is -0.129. The molecule has 2 N–H and O–H groups in total. The Morgan fingerprint density at radius 1 is 1.00 bits per heavy atom. The number of carbonyl (C=O) groups excluding carboxylic acids is 1. The van der Waals surface area contributed by atoms with E-state index >= 15 is 0 Å². The van der Waals surface area contributed by atoms with Crippen LogP contribution in [0, 0.1) is 13.8 Å². The van der Waals surface area contributed by atoms with Gasteiger partial charge in [-0.05, 0) is 49.7 Å². The second kappa shape index (κ2) is 9.06. The number of benzene rings is 3. The van der Waals surface area contributed by atoms with Crippen molar-refractivity contribution >= 4 is 23.4 Å². The Balaban J connectivity index is 1.68. The van der Waals surface area contributed by atoms with E-state index < -0.39 is 0 Å². The van der Waals surface area contributed by atoms with Crippen LogP contribution >= 0.6 is 11.8 Å². The molecule has 1 heterocycles. The van der Waals surface area contributed by atoms with Crippen LogP contribution in [0.15, 0.2) is 78.0 Å². The Hall–Kier alpha value is -3.58. The molecule has 1 aromatic heterocycles. The van der Waals surface area contributed by atoms with E-state index in [0.29, 0.717) is 16.5 Å². The molecule has 4 rings (SSSR count). The van der Waals surface area contributed by atoms with Crippen LogP contribution in [0.3, 0.4) is 0 Å². The zero-order valence-corrected chi connectivity index (χ0v) is 18.1. The number of hydrogen-bond donors (Lipinski definition) is 2. The van der Waals surface area contributed by atoms with Gasteiger partial charge in [0, 0.05) is 5.69 Å². The molecular weight excluding hydrogens is 408 g/mol. The summed E-state index contributed by atoms with van der Waals surface area (Å²) in [6.07, 6.45) is 0. The van der Waals surface area contributed by atoms with Crippen molar-refractivity contribution in [2.24, 2.45) is 0 Å². The maximum atomic E-state index is 12.4. The standard InChI is InChI=1S/C24H22N4O2S/c1-16-12-13-20(17(2)14-16)28-23(19-10-6-7-11-21(19)29)26-27-24(28)31-15-22(30)25-18-8-4-3-5-9-18/h3-14,29H,15H2,1-2H3,(H,25,30). The molecule has 31 heavy (non-hydrogen) atoms. The van der Waals surface area contributed by atoms with Crippen LogP contribution in [0.2, 0.25) is 0 Å². The molecule has 0 aliphatic rings. The van der Waals surface area contributed by atoms with Crippen LogP contribution in [0.1, 0.15) is 11.1 Å². The number of phenols is 1. The maximum absolute atomic E-state index is 12.4. The van der Waals surface area contributed by atoms with Crippen LogP contribution < -0.4 is 5.32 Å². The number of rotatable bonds is 6. The number of carbonyl (C=O) groups is 1.